The van der Waals surface area contributed by atoms with E-state index in [1.807, 2.05) is 9.47 Å². The van der Waals surface area contributed by atoms with E-state index in [1.165, 1.54) is 0 Å². The van der Waals surface area contributed by atoms with Gasteiger partial charge >= 0.3 is 5.97 Å². The number of hydrogen-bond donors (Lipinski definition) is 1. The van der Waals surface area contributed by atoms with Gasteiger partial charge in [-0.2, -0.15) is 0 Å². The van der Waals surface area contributed by atoms with Gasteiger partial charge in [0, 0.05) is 6.42 Å². The molecule has 0 amide bonds. The van der Waals surface area contributed by atoms with Crippen LogP contribution in [0.5, 0.6) is 0 Å². The number of hydrogen-bond acceptors (Lipinski definition) is 3. The molecule has 0 aromatic heterocycles. The van der Waals surface area contributed by atoms with E-state index in [1.54, 1.807) is 0 Å². The molecule has 0 radical (unpaired) electrons. The summed E-state index contributed by atoms with van der Waals surface area (Å²) in [5, 5.41) is 0. The zero-order chi connectivity index (χ0) is 9.56. The second kappa shape index (κ2) is 6.38. The molecular formula is C8H18NO2P. The molecule has 0 fully saturated rings. The Kier molecular flexibility index (Phi) is 6.31. The van der Waals surface area contributed by atoms with Crippen LogP contribution in [0.3, 0.4) is 0 Å². The van der Waals surface area contributed by atoms with Crippen molar-refractivity contribution in [1.29, 1.82) is 0 Å². The van der Waals surface area contributed by atoms with Gasteiger partial charge in [-0.1, -0.05) is 13.8 Å². The molecule has 0 aromatic carbocycles. The van der Waals surface area contributed by atoms with Crippen molar-refractivity contribution < 1.29 is 9.32 Å². The molecule has 12 heavy (non-hydrogen) atoms. The summed E-state index contributed by atoms with van der Waals surface area (Å²) in [7, 11) is 1.96. The molecule has 0 saturated carbocycles. The highest BCUT2D eigenvalue weighted by Crippen LogP contribution is 2.15. The minimum atomic E-state index is -0.198. The average molecular weight is 191 g/mol. The molecule has 3 nitrogen and oxygen atoms in total. The van der Waals surface area contributed by atoms with Crippen molar-refractivity contribution in [2.24, 2.45) is 17.6 Å². The van der Waals surface area contributed by atoms with Crippen LogP contribution in [-0.2, 0) is 9.32 Å². The van der Waals surface area contributed by atoms with Crippen LogP contribution in [0.4, 0.5) is 0 Å². The molecule has 0 saturated heterocycles. The van der Waals surface area contributed by atoms with E-state index in [2.05, 4.69) is 18.4 Å². The number of carbonyl (C=O) groups excluding carboxylic acids is 1. The van der Waals surface area contributed by atoms with Gasteiger partial charge in [-0.15, -0.1) is 0 Å². The molecule has 0 aliphatic rings. The summed E-state index contributed by atoms with van der Waals surface area (Å²) in [6.07, 6.45) is 1.41. The van der Waals surface area contributed by atoms with Gasteiger partial charge < -0.3 is 10.3 Å². The maximum Gasteiger partial charge on any atom is 0.308 e. The smallest absolute Gasteiger partial charge is 0.308 e. The third-order valence-electron chi connectivity index (χ3n) is 1.72. The fourth-order valence-corrected chi connectivity index (χ4v) is 1.31. The highest BCUT2D eigenvalue weighted by Gasteiger charge is 2.13. The first-order chi connectivity index (χ1) is 5.60. The number of rotatable bonds is 5. The first-order valence-corrected chi connectivity index (χ1v) is 4.66. The van der Waals surface area contributed by atoms with E-state index in [9.17, 15) is 4.79 Å². The van der Waals surface area contributed by atoms with Crippen LogP contribution in [0.15, 0.2) is 0 Å². The fraction of sp³-hybridized carbons (Fsp3) is 0.875. The summed E-state index contributed by atoms with van der Waals surface area (Å²) in [6, 6.07) is 0. The predicted octanol–water partition coefficient (Wildman–Crippen LogP) is 1.33. The number of nitrogens with two attached hydrogens (primary N) is 1. The van der Waals surface area contributed by atoms with E-state index >= 15 is 0 Å². The van der Waals surface area contributed by atoms with Gasteiger partial charge in [0.2, 0.25) is 0 Å². The van der Waals surface area contributed by atoms with Crippen LogP contribution in [0.25, 0.3) is 0 Å². The molecule has 2 unspecified atom stereocenters. The maximum absolute atomic E-state index is 10.9. The third kappa shape index (κ3) is 5.50. The standard InChI is InChI=1S/C8H18NO2P/c1-6(2)3-7(5-9)4-8(10)11-12/h6-7H,3-5,9,12H2,1-2H3. The van der Waals surface area contributed by atoms with E-state index < -0.39 is 0 Å². The molecule has 2 N–H and O–H groups in total. The SMILES string of the molecule is CC(C)CC(CN)CC(=O)OP. The van der Waals surface area contributed by atoms with E-state index in [4.69, 9.17) is 5.73 Å². The lowest BCUT2D eigenvalue weighted by molar-refractivity contribution is -0.134. The highest BCUT2D eigenvalue weighted by atomic mass is 31.0. The zero-order valence-corrected chi connectivity index (χ0v) is 8.90. The Morgan fingerprint density at radius 3 is 2.50 bits per heavy atom. The van der Waals surface area contributed by atoms with Gasteiger partial charge in [0.1, 0.15) is 0 Å². The minimum Gasteiger partial charge on any atom is -0.451 e. The molecule has 4 heteroatoms. The summed E-state index contributed by atoms with van der Waals surface area (Å²) < 4.78 is 4.49. The van der Waals surface area contributed by atoms with Crippen LogP contribution in [0.1, 0.15) is 26.7 Å². The lowest BCUT2D eigenvalue weighted by Crippen LogP contribution is -2.19. The maximum atomic E-state index is 10.9. The van der Waals surface area contributed by atoms with E-state index in [0.29, 0.717) is 18.9 Å². The van der Waals surface area contributed by atoms with Crippen molar-refractivity contribution in [3.05, 3.63) is 0 Å². The van der Waals surface area contributed by atoms with E-state index in [0.717, 1.165) is 6.42 Å². The van der Waals surface area contributed by atoms with Crippen LogP contribution in [0, 0.1) is 11.8 Å². The lowest BCUT2D eigenvalue weighted by Gasteiger charge is -2.14. The van der Waals surface area contributed by atoms with Crippen molar-refractivity contribution >= 4 is 15.4 Å². The van der Waals surface area contributed by atoms with Crippen molar-refractivity contribution in [2.45, 2.75) is 26.7 Å². The van der Waals surface area contributed by atoms with Crippen LogP contribution in [0.2, 0.25) is 0 Å². The number of carbonyl (C=O) groups is 1. The summed E-state index contributed by atoms with van der Waals surface area (Å²) >= 11 is 0. The second-order valence-electron chi connectivity index (χ2n) is 3.43. The van der Waals surface area contributed by atoms with Crippen LogP contribution < -0.4 is 5.73 Å². The lowest BCUT2D eigenvalue weighted by atomic mass is 9.94. The largest absolute Gasteiger partial charge is 0.451 e. The van der Waals surface area contributed by atoms with Crippen molar-refractivity contribution in [2.75, 3.05) is 6.54 Å². The Bertz CT molecular complexity index is 139. The summed E-state index contributed by atoms with van der Waals surface area (Å²) in [6.45, 7) is 4.79. The molecule has 0 aromatic rings. The normalized spacial score (nSPS) is 13.1. The van der Waals surface area contributed by atoms with Crippen molar-refractivity contribution in [1.82, 2.24) is 0 Å². The topological polar surface area (TPSA) is 52.3 Å². The van der Waals surface area contributed by atoms with Crippen LogP contribution in [-0.4, -0.2) is 12.5 Å². The molecule has 72 valence electrons. The third-order valence-corrected chi connectivity index (χ3v) is 1.99. The molecule has 0 aliphatic heterocycles. The molecular weight excluding hydrogens is 173 g/mol. The summed E-state index contributed by atoms with van der Waals surface area (Å²) in [5.74, 6) is 0.644. The van der Waals surface area contributed by atoms with Crippen molar-refractivity contribution in [3.8, 4) is 0 Å². The zero-order valence-electron chi connectivity index (χ0n) is 7.75. The van der Waals surface area contributed by atoms with Gasteiger partial charge in [0.05, 0.1) is 9.47 Å². The Labute approximate surface area is 76.3 Å². The molecule has 0 bridgehead atoms. The molecule has 0 heterocycles. The molecule has 0 spiro atoms. The monoisotopic (exact) mass is 191 g/mol. The average Bonchev–Trinajstić information content (AvgIpc) is 2.02. The summed E-state index contributed by atoms with van der Waals surface area (Å²) in [4.78, 5) is 10.9. The molecule has 0 aliphatic carbocycles. The highest BCUT2D eigenvalue weighted by molar-refractivity contribution is 7.10. The predicted molar refractivity (Wildman–Crippen MR) is 52.4 cm³/mol. The van der Waals surface area contributed by atoms with Crippen LogP contribution >= 0.6 is 9.47 Å². The Morgan fingerprint density at radius 1 is 1.58 bits per heavy atom. The molecule has 2 atom stereocenters. The van der Waals surface area contributed by atoms with Crippen molar-refractivity contribution in [3.63, 3.8) is 0 Å². The molecule has 0 rings (SSSR count). The van der Waals surface area contributed by atoms with E-state index in [-0.39, 0.29) is 11.9 Å². The first kappa shape index (κ1) is 11.9. The Morgan fingerprint density at radius 2 is 2.17 bits per heavy atom. The quantitative estimate of drug-likeness (QED) is 0.667. The first-order valence-electron chi connectivity index (χ1n) is 4.19. The van der Waals surface area contributed by atoms with Gasteiger partial charge in [0.15, 0.2) is 0 Å². The van der Waals surface area contributed by atoms with Gasteiger partial charge in [-0.25, -0.2) is 0 Å². The minimum absolute atomic E-state index is 0.198. The van der Waals surface area contributed by atoms with Gasteiger partial charge in [-0.05, 0) is 24.8 Å². The Balaban J connectivity index is 3.74. The van der Waals surface area contributed by atoms with Gasteiger partial charge in [-0.3, -0.25) is 4.79 Å². The fourth-order valence-electron chi connectivity index (χ4n) is 1.21. The van der Waals surface area contributed by atoms with Gasteiger partial charge in [0.25, 0.3) is 0 Å². The summed E-state index contributed by atoms with van der Waals surface area (Å²) in [5.41, 5.74) is 5.51. The second-order valence-corrected chi connectivity index (χ2v) is 3.66. The Hall–Kier alpha value is -0.140.